The SMILES string of the molecule is c1cc(CN(CC2CCCN2)C2CC2)[nH]n1. The molecule has 1 atom stereocenters. The minimum atomic E-state index is 0.712. The summed E-state index contributed by atoms with van der Waals surface area (Å²) in [5, 5.41) is 10.7. The Morgan fingerprint density at radius 3 is 2.94 bits per heavy atom. The van der Waals surface area contributed by atoms with Crippen molar-refractivity contribution < 1.29 is 0 Å². The molecule has 0 amide bonds. The van der Waals surface area contributed by atoms with Gasteiger partial charge in [0.25, 0.3) is 0 Å². The lowest BCUT2D eigenvalue weighted by Gasteiger charge is -2.24. The molecule has 1 aromatic rings. The van der Waals surface area contributed by atoms with E-state index in [4.69, 9.17) is 0 Å². The van der Waals surface area contributed by atoms with E-state index in [2.05, 4.69) is 26.5 Å². The normalized spacial score (nSPS) is 25.4. The van der Waals surface area contributed by atoms with Crippen molar-refractivity contribution >= 4 is 0 Å². The van der Waals surface area contributed by atoms with Gasteiger partial charge in [-0.15, -0.1) is 0 Å². The Balaban J connectivity index is 1.57. The van der Waals surface area contributed by atoms with Gasteiger partial charge >= 0.3 is 0 Å². The molecule has 1 aliphatic heterocycles. The lowest BCUT2D eigenvalue weighted by Crippen LogP contribution is -2.38. The van der Waals surface area contributed by atoms with Crippen LogP contribution in [0.25, 0.3) is 0 Å². The van der Waals surface area contributed by atoms with Gasteiger partial charge in [0, 0.05) is 37.1 Å². The fraction of sp³-hybridized carbons (Fsp3) is 0.750. The minimum absolute atomic E-state index is 0.712. The Morgan fingerprint density at radius 1 is 1.38 bits per heavy atom. The third-order valence-electron chi connectivity index (χ3n) is 3.61. The molecule has 88 valence electrons. The van der Waals surface area contributed by atoms with E-state index in [9.17, 15) is 0 Å². The molecule has 3 rings (SSSR count). The fourth-order valence-corrected chi connectivity index (χ4v) is 2.57. The van der Waals surface area contributed by atoms with E-state index in [1.807, 2.05) is 6.20 Å². The summed E-state index contributed by atoms with van der Waals surface area (Å²) in [7, 11) is 0. The maximum absolute atomic E-state index is 4.02. The van der Waals surface area contributed by atoms with E-state index in [-0.39, 0.29) is 0 Å². The molecule has 1 aromatic heterocycles. The standard InChI is InChI=1S/C12H20N4/c1-2-10(13-6-1)8-16(12-3-4-12)9-11-5-7-14-15-11/h5,7,10,12-13H,1-4,6,8-9H2,(H,14,15). The van der Waals surface area contributed by atoms with Crippen molar-refractivity contribution in [2.75, 3.05) is 13.1 Å². The average Bonchev–Trinajstić information content (AvgIpc) is 2.79. The lowest BCUT2D eigenvalue weighted by atomic mass is 10.2. The first-order valence-electron chi connectivity index (χ1n) is 6.37. The van der Waals surface area contributed by atoms with Crippen LogP contribution in [0.5, 0.6) is 0 Å². The smallest absolute Gasteiger partial charge is 0.0492 e. The topological polar surface area (TPSA) is 44.0 Å². The van der Waals surface area contributed by atoms with E-state index in [0.717, 1.165) is 12.6 Å². The molecule has 1 saturated heterocycles. The molecule has 2 N–H and O–H groups in total. The molecule has 0 bridgehead atoms. The molecule has 2 fully saturated rings. The maximum Gasteiger partial charge on any atom is 0.0492 e. The number of aromatic nitrogens is 2. The van der Waals surface area contributed by atoms with Gasteiger partial charge < -0.3 is 5.32 Å². The molecule has 0 aromatic carbocycles. The number of hydrogen-bond donors (Lipinski definition) is 2. The number of hydrogen-bond acceptors (Lipinski definition) is 3. The maximum atomic E-state index is 4.02. The highest BCUT2D eigenvalue weighted by Gasteiger charge is 2.31. The number of aromatic amines is 1. The van der Waals surface area contributed by atoms with Crippen LogP contribution >= 0.6 is 0 Å². The average molecular weight is 220 g/mol. The zero-order valence-corrected chi connectivity index (χ0v) is 9.65. The van der Waals surface area contributed by atoms with Crippen molar-refractivity contribution in [3.8, 4) is 0 Å². The van der Waals surface area contributed by atoms with Gasteiger partial charge in [-0.25, -0.2) is 0 Å². The first kappa shape index (κ1) is 10.3. The Morgan fingerprint density at radius 2 is 2.31 bits per heavy atom. The summed E-state index contributed by atoms with van der Waals surface area (Å²) >= 11 is 0. The van der Waals surface area contributed by atoms with Crippen LogP contribution in [0.15, 0.2) is 12.3 Å². The zero-order chi connectivity index (χ0) is 10.8. The number of nitrogens with zero attached hydrogens (tertiary/aromatic N) is 2. The van der Waals surface area contributed by atoms with Gasteiger partial charge in [-0.05, 0) is 38.3 Å². The van der Waals surface area contributed by atoms with E-state index in [0.29, 0.717) is 6.04 Å². The Hall–Kier alpha value is -0.870. The van der Waals surface area contributed by atoms with Crippen molar-refractivity contribution in [3.05, 3.63) is 18.0 Å². The highest BCUT2D eigenvalue weighted by molar-refractivity contribution is 5.00. The van der Waals surface area contributed by atoms with Gasteiger partial charge in [0.05, 0.1) is 0 Å². The van der Waals surface area contributed by atoms with Crippen LogP contribution < -0.4 is 5.32 Å². The van der Waals surface area contributed by atoms with Crippen molar-refractivity contribution in [2.24, 2.45) is 0 Å². The van der Waals surface area contributed by atoms with Gasteiger partial charge in [-0.2, -0.15) is 5.10 Å². The third-order valence-corrected chi connectivity index (χ3v) is 3.61. The molecule has 1 aliphatic carbocycles. The first-order chi connectivity index (χ1) is 7.92. The summed E-state index contributed by atoms with van der Waals surface area (Å²) in [6, 6.07) is 3.62. The van der Waals surface area contributed by atoms with E-state index in [1.54, 1.807) is 0 Å². The van der Waals surface area contributed by atoms with E-state index < -0.39 is 0 Å². The minimum Gasteiger partial charge on any atom is -0.313 e. The zero-order valence-electron chi connectivity index (χ0n) is 9.65. The van der Waals surface area contributed by atoms with Crippen LogP contribution in [-0.2, 0) is 6.54 Å². The van der Waals surface area contributed by atoms with Gasteiger partial charge in [0.1, 0.15) is 0 Å². The molecule has 1 saturated carbocycles. The van der Waals surface area contributed by atoms with Crippen molar-refractivity contribution in [3.63, 3.8) is 0 Å². The Labute approximate surface area is 96.4 Å². The van der Waals surface area contributed by atoms with E-state index >= 15 is 0 Å². The molecule has 4 heteroatoms. The number of nitrogens with one attached hydrogen (secondary N) is 2. The predicted molar refractivity (Wildman–Crippen MR) is 63.0 cm³/mol. The third kappa shape index (κ3) is 2.44. The number of rotatable bonds is 5. The second kappa shape index (κ2) is 4.55. The highest BCUT2D eigenvalue weighted by Crippen LogP contribution is 2.28. The highest BCUT2D eigenvalue weighted by atomic mass is 15.2. The molecule has 16 heavy (non-hydrogen) atoms. The van der Waals surface area contributed by atoms with Crippen LogP contribution in [-0.4, -0.2) is 40.3 Å². The van der Waals surface area contributed by atoms with Crippen molar-refractivity contribution in [1.82, 2.24) is 20.4 Å². The molecule has 2 aliphatic rings. The van der Waals surface area contributed by atoms with Crippen LogP contribution in [0.2, 0.25) is 0 Å². The summed E-state index contributed by atoms with van der Waals surface area (Å²) in [5.41, 5.74) is 1.24. The van der Waals surface area contributed by atoms with Crippen molar-refractivity contribution in [2.45, 2.75) is 44.3 Å². The fourth-order valence-electron chi connectivity index (χ4n) is 2.57. The number of H-pyrrole nitrogens is 1. The summed E-state index contributed by atoms with van der Waals surface area (Å²) < 4.78 is 0. The van der Waals surface area contributed by atoms with Crippen LogP contribution in [0, 0.1) is 0 Å². The van der Waals surface area contributed by atoms with Gasteiger partial charge in [0.2, 0.25) is 0 Å². The summed E-state index contributed by atoms with van der Waals surface area (Å²) in [6.07, 6.45) is 7.27. The summed E-state index contributed by atoms with van der Waals surface area (Å²) in [5.74, 6) is 0. The predicted octanol–water partition coefficient (Wildman–Crippen LogP) is 1.13. The molecule has 4 nitrogen and oxygen atoms in total. The second-order valence-corrected chi connectivity index (χ2v) is 5.04. The first-order valence-corrected chi connectivity index (χ1v) is 6.37. The molecule has 1 unspecified atom stereocenters. The van der Waals surface area contributed by atoms with Gasteiger partial charge in [0.15, 0.2) is 0 Å². The van der Waals surface area contributed by atoms with Gasteiger partial charge in [-0.1, -0.05) is 0 Å². The molecular weight excluding hydrogens is 200 g/mol. The molecule has 2 heterocycles. The summed E-state index contributed by atoms with van der Waals surface area (Å²) in [6.45, 7) is 3.43. The second-order valence-electron chi connectivity index (χ2n) is 5.04. The van der Waals surface area contributed by atoms with Gasteiger partial charge in [-0.3, -0.25) is 10.00 Å². The lowest BCUT2D eigenvalue weighted by molar-refractivity contribution is 0.228. The Kier molecular flexibility index (Phi) is 2.93. The largest absolute Gasteiger partial charge is 0.313 e. The van der Waals surface area contributed by atoms with Crippen LogP contribution in [0.4, 0.5) is 0 Å². The molecule has 0 spiro atoms. The monoisotopic (exact) mass is 220 g/mol. The van der Waals surface area contributed by atoms with Crippen LogP contribution in [0.1, 0.15) is 31.4 Å². The van der Waals surface area contributed by atoms with Crippen LogP contribution in [0.3, 0.4) is 0 Å². The molecular formula is C12H20N4. The Bertz CT molecular complexity index is 312. The summed E-state index contributed by atoms with van der Waals surface area (Å²) in [4.78, 5) is 2.61. The van der Waals surface area contributed by atoms with Crippen molar-refractivity contribution in [1.29, 1.82) is 0 Å². The quantitative estimate of drug-likeness (QED) is 0.781. The molecule has 0 radical (unpaired) electrons. The van der Waals surface area contributed by atoms with E-state index in [1.165, 1.54) is 44.5 Å².